The van der Waals surface area contributed by atoms with E-state index in [1.54, 1.807) is 25.1 Å². The predicted octanol–water partition coefficient (Wildman–Crippen LogP) is 2.11. The fourth-order valence-electron chi connectivity index (χ4n) is 1.56. The lowest BCUT2D eigenvalue weighted by Crippen LogP contribution is -2.07. The van der Waals surface area contributed by atoms with Crippen LogP contribution in [0.25, 0.3) is 5.82 Å². The lowest BCUT2D eigenvalue weighted by Gasteiger charge is -2.07. The highest BCUT2D eigenvalue weighted by molar-refractivity contribution is 6.29. The van der Waals surface area contributed by atoms with Gasteiger partial charge < -0.3 is 9.47 Å². The van der Waals surface area contributed by atoms with Crippen LogP contribution in [-0.2, 0) is 4.74 Å². The molecule has 19 heavy (non-hydrogen) atoms. The highest BCUT2D eigenvalue weighted by Crippen LogP contribution is 2.22. The zero-order valence-electron chi connectivity index (χ0n) is 10.5. The topological polar surface area (TPSA) is 66.2 Å². The first-order valence-corrected chi connectivity index (χ1v) is 5.97. The molecule has 0 N–H and O–H groups in total. The molecular weight excluding hydrogens is 270 g/mol. The van der Waals surface area contributed by atoms with E-state index in [4.69, 9.17) is 21.1 Å². The van der Waals surface area contributed by atoms with Crippen molar-refractivity contribution >= 4 is 17.6 Å². The van der Waals surface area contributed by atoms with Crippen LogP contribution in [0.4, 0.5) is 0 Å². The van der Waals surface area contributed by atoms with Crippen LogP contribution in [0, 0.1) is 0 Å². The van der Waals surface area contributed by atoms with Crippen LogP contribution in [0.5, 0.6) is 5.88 Å². The highest BCUT2D eigenvalue weighted by Gasteiger charge is 2.20. The number of hydrogen-bond acceptors (Lipinski definition) is 5. The summed E-state index contributed by atoms with van der Waals surface area (Å²) in [5.74, 6) is 0.223. The largest absolute Gasteiger partial charge is 0.480 e. The summed E-state index contributed by atoms with van der Waals surface area (Å²) in [7, 11) is 1.45. The highest BCUT2D eigenvalue weighted by atomic mass is 35.5. The van der Waals surface area contributed by atoms with Crippen molar-refractivity contribution in [2.24, 2.45) is 0 Å². The van der Waals surface area contributed by atoms with E-state index in [0.717, 1.165) is 0 Å². The van der Waals surface area contributed by atoms with Crippen molar-refractivity contribution in [3.05, 3.63) is 35.1 Å². The number of ether oxygens (including phenoxy) is 2. The van der Waals surface area contributed by atoms with Crippen LogP contribution in [0.2, 0.25) is 5.15 Å². The van der Waals surface area contributed by atoms with E-state index in [1.807, 2.05) is 0 Å². The number of aromatic nitrogens is 3. The molecule has 6 nitrogen and oxygen atoms in total. The van der Waals surface area contributed by atoms with E-state index in [2.05, 4.69) is 10.1 Å². The maximum Gasteiger partial charge on any atom is 0.345 e. The molecule has 0 atom stereocenters. The number of hydrogen-bond donors (Lipinski definition) is 0. The van der Waals surface area contributed by atoms with Gasteiger partial charge in [0.15, 0.2) is 5.82 Å². The number of carbonyl (C=O) groups is 1. The quantitative estimate of drug-likeness (QED) is 0.634. The fraction of sp³-hybridized carbons (Fsp3) is 0.250. The summed E-state index contributed by atoms with van der Waals surface area (Å²) < 4.78 is 11.5. The molecule has 0 unspecified atom stereocenters. The minimum absolute atomic E-state index is 0.242. The van der Waals surface area contributed by atoms with Gasteiger partial charge in [0.2, 0.25) is 5.88 Å². The fourth-order valence-corrected chi connectivity index (χ4v) is 1.72. The summed E-state index contributed by atoms with van der Waals surface area (Å²) in [5.41, 5.74) is 0.242. The van der Waals surface area contributed by atoms with Gasteiger partial charge >= 0.3 is 5.97 Å². The molecular formula is C12H12ClN3O3. The number of methoxy groups -OCH3 is 1. The van der Waals surface area contributed by atoms with Crippen molar-refractivity contribution in [1.29, 1.82) is 0 Å². The second kappa shape index (κ2) is 5.71. The van der Waals surface area contributed by atoms with Gasteiger partial charge in [-0.3, -0.25) is 0 Å². The van der Waals surface area contributed by atoms with Gasteiger partial charge in [-0.05, 0) is 19.1 Å². The van der Waals surface area contributed by atoms with Crippen molar-refractivity contribution < 1.29 is 14.3 Å². The molecule has 0 aliphatic rings. The first-order valence-electron chi connectivity index (χ1n) is 5.59. The lowest BCUT2D eigenvalue weighted by atomic mass is 10.3. The van der Waals surface area contributed by atoms with Crippen LogP contribution in [0.15, 0.2) is 24.4 Å². The zero-order valence-corrected chi connectivity index (χ0v) is 11.2. The average Bonchev–Trinajstić information content (AvgIpc) is 2.82. The van der Waals surface area contributed by atoms with Gasteiger partial charge in [-0.25, -0.2) is 9.78 Å². The summed E-state index contributed by atoms with van der Waals surface area (Å²) in [6.45, 7) is 2.01. The van der Waals surface area contributed by atoms with E-state index >= 15 is 0 Å². The number of pyridine rings is 1. The normalized spacial score (nSPS) is 10.3. The Bertz CT molecular complexity index is 598. The minimum Gasteiger partial charge on any atom is -0.480 e. The molecule has 0 aliphatic heterocycles. The average molecular weight is 282 g/mol. The monoisotopic (exact) mass is 281 g/mol. The molecule has 0 saturated heterocycles. The summed E-state index contributed by atoms with van der Waals surface area (Å²) in [6.07, 6.45) is 1.37. The predicted molar refractivity (Wildman–Crippen MR) is 68.9 cm³/mol. The third kappa shape index (κ3) is 2.68. The molecule has 0 amide bonds. The maximum atomic E-state index is 11.7. The Morgan fingerprint density at radius 3 is 2.89 bits per heavy atom. The zero-order chi connectivity index (χ0) is 13.8. The van der Waals surface area contributed by atoms with Crippen molar-refractivity contribution in [2.45, 2.75) is 6.92 Å². The Morgan fingerprint density at radius 1 is 1.47 bits per heavy atom. The molecule has 0 radical (unpaired) electrons. The van der Waals surface area contributed by atoms with Gasteiger partial charge in [0.05, 0.1) is 19.9 Å². The van der Waals surface area contributed by atoms with E-state index in [9.17, 15) is 4.79 Å². The first-order chi connectivity index (χ1) is 9.17. The van der Waals surface area contributed by atoms with Crippen molar-refractivity contribution in [3.8, 4) is 11.7 Å². The number of nitrogens with zero attached hydrogens (tertiary/aromatic N) is 3. The van der Waals surface area contributed by atoms with E-state index in [0.29, 0.717) is 11.0 Å². The standard InChI is InChI=1S/C12H12ClN3O3/c1-3-19-12(17)8-7-14-16(11(8)18-2)10-6-4-5-9(13)15-10/h4-7H,3H2,1-2H3. The van der Waals surface area contributed by atoms with Crippen molar-refractivity contribution in [3.63, 3.8) is 0 Å². The van der Waals surface area contributed by atoms with Gasteiger partial charge in [0.1, 0.15) is 10.7 Å². The van der Waals surface area contributed by atoms with Gasteiger partial charge in [-0.1, -0.05) is 17.7 Å². The second-order valence-corrected chi connectivity index (χ2v) is 3.91. The van der Waals surface area contributed by atoms with Crippen LogP contribution >= 0.6 is 11.6 Å². The molecule has 0 fully saturated rings. The molecule has 2 heterocycles. The lowest BCUT2D eigenvalue weighted by molar-refractivity contribution is 0.0522. The molecule has 0 aliphatic carbocycles. The van der Waals surface area contributed by atoms with Gasteiger partial charge in [0, 0.05) is 0 Å². The molecule has 100 valence electrons. The van der Waals surface area contributed by atoms with Gasteiger partial charge in [-0.15, -0.1) is 0 Å². The van der Waals surface area contributed by atoms with Crippen LogP contribution in [0.1, 0.15) is 17.3 Å². The number of halogens is 1. The SMILES string of the molecule is CCOC(=O)c1cnn(-c2cccc(Cl)n2)c1OC. The molecule has 0 saturated carbocycles. The molecule has 0 spiro atoms. The molecule has 2 aromatic heterocycles. The maximum absolute atomic E-state index is 11.7. The molecule has 2 aromatic rings. The van der Waals surface area contributed by atoms with Crippen LogP contribution < -0.4 is 4.74 Å². The van der Waals surface area contributed by atoms with Crippen molar-refractivity contribution in [1.82, 2.24) is 14.8 Å². The molecule has 0 bridgehead atoms. The Morgan fingerprint density at radius 2 is 2.26 bits per heavy atom. The van der Waals surface area contributed by atoms with Crippen LogP contribution in [-0.4, -0.2) is 34.5 Å². The van der Waals surface area contributed by atoms with Gasteiger partial charge in [0.25, 0.3) is 0 Å². The van der Waals surface area contributed by atoms with E-state index in [1.165, 1.54) is 18.0 Å². The summed E-state index contributed by atoms with van der Waals surface area (Å²) in [6, 6.07) is 5.08. The summed E-state index contributed by atoms with van der Waals surface area (Å²) >= 11 is 5.82. The van der Waals surface area contributed by atoms with Crippen LogP contribution in [0.3, 0.4) is 0 Å². The summed E-state index contributed by atoms with van der Waals surface area (Å²) in [4.78, 5) is 15.8. The number of esters is 1. The smallest absolute Gasteiger partial charge is 0.345 e. The Labute approximate surface area is 114 Å². The van der Waals surface area contributed by atoms with Gasteiger partial charge in [-0.2, -0.15) is 9.78 Å². The van der Waals surface area contributed by atoms with E-state index < -0.39 is 5.97 Å². The third-order valence-electron chi connectivity index (χ3n) is 2.33. The number of carbonyl (C=O) groups excluding carboxylic acids is 1. The third-order valence-corrected chi connectivity index (χ3v) is 2.54. The molecule has 7 heteroatoms. The molecule has 2 rings (SSSR count). The Kier molecular flexibility index (Phi) is 4.01. The minimum atomic E-state index is -0.493. The first kappa shape index (κ1) is 13.4. The van der Waals surface area contributed by atoms with E-state index in [-0.39, 0.29) is 18.1 Å². The van der Waals surface area contributed by atoms with Crippen molar-refractivity contribution in [2.75, 3.05) is 13.7 Å². The second-order valence-electron chi connectivity index (χ2n) is 3.52. The Balaban J connectivity index is 2.45. The Hall–Kier alpha value is -2.08. The summed E-state index contributed by atoms with van der Waals surface area (Å²) in [5, 5.41) is 4.40. The number of rotatable bonds is 4. The molecule has 0 aromatic carbocycles.